The Morgan fingerprint density at radius 1 is 1.48 bits per heavy atom. The largest absolute Gasteiger partial charge is 0.484 e. The minimum absolute atomic E-state index is 0.0878. The minimum Gasteiger partial charge on any atom is -0.484 e. The maximum atomic E-state index is 12.3. The lowest BCUT2D eigenvalue weighted by molar-refractivity contribution is -0.153. The van der Waals surface area contributed by atoms with Crippen LogP contribution in [-0.4, -0.2) is 44.5 Å². The van der Waals surface area contributed by atoms with Crippen LogP contribution in [0.2, 0.25) is 0 Å². The molecule has 1 aliphatic heterocycles. The van der Waals surface area contributed by atoms with Crippen molar-refractivity contribution in [1.82, 2.24) is 10.6 Å². The molecule has 1 aromatic carbocycles. The van der Waals surface area contributed by atoms with Crippen molar-refractivity contribution in [2.45, 2.75) is 25.7 Å². The number of benzene rings is 1. The molecule has 0 aromatic heterocycles. The average Bonchev–Trinajstić information content (AvgIpc) is 2.52. The maximum absolute atomic E-state index is 12.3. The van der Waals surface area contributed by atoms with Crippen molar-refractivity contribution in [3.8, 4) is 5.75 Å². The highest BCUT2D eigenvalue weighted by atomic mass is 19.4. The Hall–Kier alpha value is -1.80. The molecule has 2 N–H and O–H groups in total. The number of nitrogens with one attached hydrogen (secondary N) is 2. The van der Waals surface area contributed by atoms with E-state index in [4.69, 9.17) is 9.47 Å². The lowest BCUT2D eigenvalue weighted by Gasteiger charge is -2.23. The molecule has 1 heterocycles. The lowest BCUT2D eigenvalue weighted by Crippen LogP contribution is -2.51. The van der Waals surface area contributed by atoms with Crippen molar-refractivity contribution in [1.29, 1.82) is 0 Å². The Bertz CT molecular complexity index is 543. The summed E-state index contributed by atoms with van der Waals surface area (Å²) in [6.07, 6.45) is -4.41. The van der Waals surface area contributed by atoms with E-state index in [9.17, 15) is 18.0 Å². The summed E-state index contributed by atoms with van der Waals surface area (Å²) in [5.74, 6) is -0.137. The van der Waals surface area contributed by atoms with Gasteiger partial charge in [0.25, 0.3) is 0 Å². The topological polar surface area (TPSA) is 59.6 Å². The Labute approximate surface area is 132 Å². The molecule has 8 heteroatoms. The summed E-state index contributed by atoms with van der Waals surface area (Å²) in [7, 11) is 0. The SMILES string of the molecule is Cc1ccc(CNC(=O)C2COCCN2)c(OCC(F)(F)F)c1. The van der Waals surface area contributed by atoms with Gasteiger partial charge in [-0.05, 0) is 18.6 Å². The first-order valence-electron chi connectivity index (χ1n) is 7.23. The van der Waals surface area contributed by atoms with Crippen LogP contribution in [0.3, 0.4) is 0 Å². The Balaban J connectivity index is 1.96. The molecule has 0 radical (unpaired) electrons. The molecule has 1 unspecified atom stereocenters. The number of aryl methyl sites for hydroxylation is 1. The molecule has 128 valence electrons. The van der Waals surface area contributed by atoms with Crippen LogP contribution >= 0.6 is 0 Å². The molecule has 0 saturated carbocycles. The van der Waals surface area contributed by atoms with Crippen LogP contribution < -0.4 is 15.4 Å². The quantitative estimate of drug-likeness (QED) is 0.859. The van der Waals surface area contributed by atoms with Crippen LogP contribution in [-0.2, 0) is 16.1 Å². The maximum Gasteiger partial charge on any atom is 0.422 e. The van der Waals surface area contributed by atoms with Crippen molar-refractivity contribution < 1.29 is 27.4 Å². The van der Waals surface area contributed by atoms with E-state index in [-0.39, 0.29) is 24.8 Å². The summed E-state index contributed by atoms with van der Waals surface area (Å²) >= 11 is 0. The standard InChI is InChI=1S/C15H19F3N2O3/c1-10-2-3-11(13(6-10)23-9-15(16,17)18)7-20-14(21)12-8-22-5-4-19-12/h2-3,6,12,19H,4-5,7-9H2,1H3,(H,20,21). The van der Waals surface area contributed by atoms with Gasteiger partial charge in [0.1, 0.15) is 11.8 Å². The third-order valence-electron chi connectivity index (χ3n) is 3.31. The lowest BCUT2D eigenvalue weighted by atomic mass is 10.1. The highest BCUT2D eigenvalue weighted by Crippen LogP contribution is 2.23. The third-order valence-corrected chi connectivity index (χ3v) is 3.31. The van der Waals surface area contributed by atoms with Gasteiger partial charge in [0.2, 0.25) is 5.91 Å². The summed E-state index contributed by atoms with van der Waals surface area (Å²) in [5, 5.41) is 5.69. The van der Waals surface area contributed by atoms with Gasteiger partial charge in [-0.1, -0.05) is 12.1 Å². The number of halogens is 3. The fraction of sp³-hybridized carbons (Fsp3) is 0.533. The molecule has 0 bridgehead atoms. The second-order valence-electron chi connectivity index (χ2n) is 5.31. The zero-order chi connectivity index (χ0) is 16.9. The Morgan fingerprint density at radius 2 is 2.26 bits per heavy atom. The number of carbonyl (C=O) groups is 1. The van der Waals surface area contributed by atoms with Gasteiger partial charge in [-0.2, -0.15) is 13.2 Å². The van der Waals surface area contributed by atoms with Gasteiger partial charge < -0.3 is 20.1 Å². The van der Waals surface area contributed by atoms with Gasteiger partial charge in [0.15, 0.2) is 6.61 Å². The molecular formula is C15H19F3N2O3. The number of hydrogen-bond donors (Lipinski definition) is 2. The molecular weight excluding hydrogens is 313 g/mol. The molecule has 1 amide bonds. The van der Waals surface area contributed by atoms with Crippen LogP contribution in [0, 0.1) is 6.92 Å². The second-order valence-corrected chi connectivity index (χ2v) is 5.31. The molecule has 1 aromatic rings. The van der Waals surface area contributed by atoms with Gasteiger partial charge in [0, 0.05) is 18.7 Å². The van der Waals surface area contributed by atoms with Crippen molar-refractivity contribution in [2.24, 2.45) is 0 Å². The molecule has 5 nitrogen and oxygen atoms in total. The van der Waals surface area contributed by atoms with Crippen LogP contribution in [0.4, 0.5) is 13.2 Å². The number of amides is 1. The molecule has 1 fully saturated rings. The monoisotopic (exact) mass is 332 g/mol. The summed E-state index contributed by atoms with van der Waals surface area (Å²) in [5.41, 5.74) is 1.27. The molecule has 1 atom stereocenters. The number of ether oxygens (including phenoxy) is 2. The van der Waals surface area contributed by atoms with Gasteiger partial charge in [-0.15, -0.1) is 0 Å². The van der Waals surface area contributed by atoms with E-state index in [1.165, 1.54) is 6.07 Å². The van der Waals surface area contributed by atoms with Crippen molar-refractivity contribution in [3.05, 3.63) is 29.3 Å². The number of alkyl halides is 3. The van der Waals surface area contributed by atoms with Crippen LogP contribution in [0.5, 0.6) is 5.75 Å². The Kier molecular flexibility index (Phi) is 5.84. The van der Waals surface area contributed by atoms with Crippen LogP contribution in [0.25, 0.3) is 0 Å². The number of morpholine rings is 1. The third kappa shape index (κ3) is 5.72. The van der Waals surface area contributed by atoms with E-state index in [0.717, 1.165) is 5.56 Å². The zero-order valence-corrected chi connectivity index (χ0v) is 12.7. The molecule has 0 spiro atoms. The summed E-state index contributed by atoms with van der Waals surface area (Å²) in [6.45, 7) is 1.89. The summed E-state index contributed by atoms with van der Waals surface area (Å²) in [4.78, 5) is 12.0. The number of rotatable bonds is 5. The molecule has 2 rings (SSSR count). The predicted molar refractivity (Wildman–Crippen MR) is 77.2 cm³/mol. The van der Waals surface area contributed by atoms with Crippen LogP contribution in [0.15, 0.2) is 18.2 Å². The normalized spacial score (nSPS) is 18.5. The van der Waals surface area contributed by atoms with Gasteiger partial charge >= 0.3 is 6.18 Å². The number of carbonyl (C=O) groups excluding carboxylic acids is 1. The first-order valence-corrected chi connectivity index (χ1v) is 7.23. The van der Waals surface area contributed by atoms with Gasteiger partial charge in [0.05, 0.1) is 13.2 Å². The fourth-order valence-corrected chi connectivity index (χ4v) is 2.14. The highest BCUT2D eigenvalue weighted by Gasteiger charge is 2.29. The van der Waals surface area contributed by atoms with Crippen molar-refractivity contribution in [3.63, 3.8) is 0 Å². The van der Waals surface area contributed by atoms with E-state index in [1.54, 1.807) is 19.1 Å². The van der Waals surface area contributed by atoms with Crippen LogP contribution in [0.1, 0.15) is 11.1 Å². The van der Waals surface area contributed by atoms with E-state index < -0.39 is 18.8 Å². The first kappa shape index (κ1) is 17.6. The highest BCUT2D eigenvalue weighted by molar-refractivity contribution is 5.82. The van der Waals surface area contributed by atoms with E-state index in [1.807, 2.05) is 0 Å². The average molecular weight is 332 g/mol. The Morgan fingerprint density at radius 3 is 2.91 bits per heavy atom. The molecule has 0 aliphatic carbocycles. The second kappa shape index (κ2) is 7.65. The fourth-order valence-electron chi connectivity index (χ4n) is 2.14. The van der Waals surface area contributed by atoms with E-state index in [2.05, 4.69) is 10.6 Å². The van der Waals surface area contributed by atoms with E-state index in [0.29, 0.717) is 18.7 Å². The summed E-state index contributed by atoms with van der Waals surface area (Å²) in [6, 6.07) is 4.47. The molecule has 1 aliphatic rings. The summed E-state index contributed by atoms with van der Waals surface area (Å²) < 4.78 is 47.0. The smallest absolute Gasteiger partial charge is 0.422 e. The zero-order valence-electron chi connectivity index (χ0n) is 12.7. The van der Waals surface area contributed by atoms with Crippen molar-refractivity contribution in [2.75, 3.05) is 26.4 Å². The minimum atomic E-state index is -4.41. The van der Waals surface area contributed by atoms with E-state index >= 15 is 0 Å². The number of hydrogen-bond acceptors (Lipinski definition) is 4. The molecule has 1 saturated heterocycles. The first-order chi connectivity index (χ1) is 10.8. The molecule has 23 heavy (non-hydrogen) atoms. The van der Waals surface area contributed by atoms with Gasteiger partial charge in [-0.25, -0.2) is 0 Å². The predicted octanol–water partition coefficient (Wildman–Crippen LogP) is 1.54. The van der Waals surface area contributed by atoms with Crippen molar-refractivity contribution >= 4 is 5.91 Å². The van der Waals surface area contributed by atoms with Gasteiger partial charge in [-0.3, -0.25) is 4.79 Å².